The molecule has 0 atom stereocenters. The number of anilines is 3. The number of benzene rings is 8. The zero-order valence-electron chi connectivity index (χ0n) is 34.0. The summed E-state index contributed by atoms with van der Waals surface area (Å²) in [7, 11) is 0. The first-order valence-corrected chi connectivity index (χ1v) is 20.7. The quantitative estimate of drug-likeness (QED) is 0.132. The van der Waals surface area contributed by atoms with E-state index in [4.69, 9.17) is 9.98 Å². The Morgan fingerprint density at radius 1 is 0.525 bits per heavy atom. The predicted octanol–water partition coefficient (Wildman–Crippen LogP) is 13.6. The minimum atomic E-state index is -0.336. The number of H-pyrrole nitrogens is 1. The molecule has 0 unspecified atom stereocenters. The van der Waals surface area contributed by atoms with Gasteiger partial charge in [-0.1, -0.05) is 141 Å². The summed E-state index contributed by atoms with van der Waals surface area (Å²) in [5.41, 5.74) is 14.1. The normalized spacial score (nSPS) is 13.8. The molecule has 8 aromatic carbocycles. The number of aromatic amines is 1. The van der Waals surface area contributed by atoms with Crippen molar-refractivity contribution in [3.63, 3.8) is 0 Å². The molecule has 61 heavy (non-hydrogen) atoms. The van der Waals surface area contributed by atoms with Crippen LogP contribution in [0, 0.1) is 0 Å². The van der Waals surface area contributed by atoms with Crippen molar-refractivity contribution >= 4 is 79.1 Å². The topological polar surface area (TPSA) is 61.0 Å². The summed E-state index contributed by atoms with van der Waals surface area (Å²) in [6.07, 6.45) is 0. The predicted molar refractivity (Wildman–Crippen MR) is 256 cm³/mol. The lowest BCUT2D eigenvalue weighted by molar-refractivity contribution is 0.633. The van der Waals surface area contributed by atoms with Gasteiger partial charge in [-0.2, -0.15) is 0 Å². The van der Waals surface area contributed by atoms with Crippen molar-refractivity contribution < 1.29 is 0 Å². The zero-order chi connectivity index (χ0) is 41.1. The van der Waals surface area contributed by atoms with Crippen LogP contribution in [0.15, 0.2) is 203 Å². The van der Waals surface area contributed by atoms with Crippen LogP contribution in [0.1, 0.15) is 41.7 Å². The van der Waals surface area contributed by atoms with Crippen molar-refractivity contribution in [1.82, 2.24) is 9.55 Å². The maximum atomic E-state index is 5.12. The van der Waals surface area contributed by atoms with Gasteiger partial charge in [-0.15, -0.1) is 0 Å². The first kappa shape index (κ1) is 36.3. The van der Waals surface area contributed by atoms with Gasteiger partial charge >= 0.3 is 0 Å². The molecule has 6 nitrogen and oxygen atoms in total. The van der Waals surface area contributed by atoms with Gasteiger partial charge in [0.2, 0.25) is 0 Å². The number of aromatic nitrogens is 2. The van der Waals surface area contributed by atoms with Crippen molar-refractivity contribution in [3.05, 3.63) is 216 Å². The van der Waals surface area contributed by atoms with Crippen molar-refractivity contribution in [2.45, 2.75) is 25.8 Å². The van der Waals surface area contributed by atoms with Crippen molar-refractivity contribution in [2.75, 3.05) is 4.90 Å². The van der Waals surface area contributed by atoms with Crippen LogP contribution in [0.3, 0.4) is 0 Å². The number of rotatable bonds is 6. The Bertz CT molecular complexity index is 3370. The molecule has 292 valence electrons. The number of fused-ring (bicyclic) bond motifs is 8. The van der Waals surface area contributed by atoms with Gasteiger partial charge in [-0.3, -0.25) is 4.99 Å². The van der Waals surface area contributed by atoms with Crippen LogP contribution in [0.25, 0.3) is 49.3 Å². The average Bonchev–Trinajstić information content (AvgIpc) is 3.84. The molecule has 0 radical (unpaired) electrons. The van der Waals surface area contributed by atoms with Gasteiger partial charge in [-0.05, 0) is 84.1 Å². The Labute approximate surface area is 354 Å². The van der Waals surface area contributed by atoms with Crippen LogP contribution in [-0.4, -0.2) is 27.9 Å². The van der Waals surface area contributed by atoms with Crippen molar-refractivity contribution in [3.8, 4) is 5.69 Å². The Morgan fingerprint density at radius 2 is 1.16 bits per heavy atom. The Hall–Kier alpha value is -7.83. The minimum absolute atomic E-state index is 0.336. The molecule has 11 rings (SSSR count). The molecule has 6 heteroatoms. The molecule has 0 fully saturated rings. The van der Waals surface area contributed by atoms with Gasteiger partial charge in [-0.25, -0.2) is 9.98 Å². The number of nitrogens with one attached hydrogen (secondary N) is 1. The molecule has 0 bridgehead atoms. The lowest BCUT2D eigenvalue weighted by atomic mass is 9.72. The fraction of sp³-hybridized carbons (Fsp3) is 0.0727. The molecular weight excluding hydrogens is 745 g/mol. The number of para-hydroxylation sites is 3. The van der Waals surface area contributed by atoms with Gasteiger partial charge < -0.3 is 14.5 Å². The van der Waals surface area contributed by atoms with Crippen LogP contribution < -0.4 is 4.90 Å². The molecule has 1 aliphatic heterocycles. The van der Waals surface area contributed by atoms with Crippen LogP contribution in [0.2, 0.25) is 0 Å². The van der Waals surface area contributed by atoms with E-state index < -0.39 is 0 Å². The van der Waals surface area contributed by atoms with Gasteiger partial charge in [0.25, 0.3) is 0 Å². The summed E-state index contributed by atoms with van der Waals surface area (Å²) in [4.78, 5) is 20.8. The summed E-state index contributed by atoms with van der Waals surface area (Å²) in [6, 6.07) is 66.5. The van der Waals surface area contributed by atoms with Crippen LogP contribution in [0.4, 0.5) is 17.1 Å². The van der Waals surface area contributed by atoms with Gasteiger partial charge in [0, 0.05) is 60.5 Å². The van der Waals surface area contributed by atoms with E-state index in [1.165, 1.54) is 44.0 Å². The molecule has 3 heterocycles. The van der Waals surface area contributed by atoms with Gasteiger partial charge in [0.05, 0.1) is 29.0 Å². The highest BCUT2D eigenvalue weighted by atomic mass is 15.2. The highest BCUT2D eigenvalue weighted by Gasteiger charge is 2.38. The SMILES string of the molecule is C=NC(=NC(=NCc1ccccc1)c1cccc(-n2c3ccccc3c3cc4c(cc32)C(C)(C)c2cc3c(cc2N4c2ccccc2)[nH]c2ccccc23)c1)c1ccccc1. The fourth-order valence-electron chi connectivity index (χ4n) is 9.27. The Balaban J connectivity index is 1.13. The summed E-state index contributed by atoms with van der Waals surface area (Å²) in [5, 5.41) is 4.84. The molecule has 1 N–H and O–H groups in total. The van der Waals surface area contributed by atoms with Crippen LogP contribution in [-0.2, 0) is 12.0 Å². The third kappa shape index (κ3) is 6.06. The van der Waals surface area contributed by atoms with E-state index in [0.717, 1.165) is 50.1 Å². The first-order valence-electron chi connectivity index (χ1n) is 20.7. The molecule has 10 aromatic rings. The van der Waals surface area contributed by atoms with E-state index >= 15 is 0 Å². The third-order valence-electron chi connectivity index (χ3n) is 12.3. The number of hydrogen-bond acceptors (Lipinski definition) is 2. The summed E-state index contributed by atoms with van der Waals surface area (Å²) < 4.78 is 2.40. The lowest BCUT2D eigenvalue weighted by Crippen LogP contribution is -2.30. The highest BCUT2D eigenvalue weighted by Crippen LogP contribution is 2.55. The highest BCUT2D eigenvalue weighted by molar-refractivity contribution is 6.15. The molecule has 0 spiro atoms. The second-order valence-electron chi connectivity index (χ2n) is 16.3. The van der Waals surface area contributed by atoms with Crippen molar-refractivity contribution in [2.24, 2.45) is 15.0 Å². The van der Waals surface area contributed by atoms with E-state index in [0.29, 0.717) is 18.2 Å². The number of amidine groups is 2. The Morgan fingerprint density at radius 3 is 1.95 bits per heavy atom. The zero-order valence-corrected chi connectivity index (χ0v) is 34.0. The molecule has 0 saturated carbocycles. The number of nitrogens with zero attached hydrogens (tertiary/aromatic N) is 5. The summed E-state index contributed by atoms with van der Waals surface area (Å²) in [6.45, 7) is 9.12. The maximum Gasteiger partial charge on any atom is 0.161 e. The van der Waals surface area contributed by atoms with Crippen LogP contribution >= 0.6 is 0 Å². The smallest absolute Gasteiger partial charge is 0.161 e. The molecule has 1 aliphatic rings. The first-order chi connectivity index (χ1) is 30.0. The largest absolute Gasteiger partial charge is 0.354 e. The third-order valence-corrected chi connectivity index (χ3v) is 12.3. The molecule has 0 amide bonds. The summed E-state index contributed by atoms with van der Waals surface area (Å²) in [5.74, 6) is 1.12. The molecule has 2 aromatic heterocycles. The van der Waals surface area contributed by atoms with Gasteiger partial charge in [0.15, 0.2) is 11.7 Å². The van der Waals surface area contributed by atoms with E-state index in [1.54, 1.807) is 0 Å². The second-order valence-corrected chi connectivity index (χ2v) is 16.3. The Kier molecular flexibility index (Phi) is 8.60. The molecular formula is C55H42N6. The van der Waals surface area contributed by atoms with E-state index in [9.17, 15) is 0 Å². The summed E-state index contributed by atoms with van der Waals surface area (Å²) >= 11 is 0. The van der Waals surface area contributed by atoms with E-state index in [-0.39, 0.29) is 5.41 Å². The minimum Gasteiger partial charge on any atom is -0.354 e. The molecule has 0 aliphatic carbocycles. The maximum absolute atomic E-state index is 5.12. The van der Waals surface area contributed by atoms with Crippen molar-refractivity contribution in [1.29, 1.82) is 0 Å². The number of aliphatic imine (C=N–C) groups is 3. The monoisotopic (exact) mass is 786 g/mol. The van der Waals surface area contributed by atoms with E-state index in [2.05, 4.69) is 180 Å². The van der Waals surface area contributed by atoms with Crippen LogP contribution in [0.5, 0.6) is 0 Å². The standard InChI is InChI=1S/C55H42N6/c1-55(2)45-31-43-41-26-13-15-28-47(41)58-48(43)34-52(45)60(39-23-11-6-12-24-39)51-32-44-42-27-14-16-29-49(42)61(50(44)33-46(51)55)40-25-17-22-38(30-40)54(57-35-36-18-7-4-8-19-36)59-53(56-3)37-20-9-5-10-21-37/h4-34,58H,3,35H2,1-2H3. The number of hydrogen-bond donors (Lipinski definition) is 1. The average molecular weight is 787 g/mol. The lowest BCUT2D eigenvalue weighted by Gasteiger charge is -2.42. The molecule has 0 saturated heterocycles. The van der Waals surface area contributed by atoms with Gasteiger partial charge in [0.1, 0.15) is 0 Å². The van der Waals surface area contributed by atoms with E-state index in [1.807, 2.05) is 48.5 Å². The second kappa shape index (κ2) is 14.5. The fourth-order valence-corrected chi connectivity index (χ4v) is 9.27.